The smallest absolute Gasteiger partial charge is 0.343 e. The Hall–Kier alpha value is -2.81. The first-order valence-electron chi connectivity index (χ1n) is 8.96. The standard InChI is InChI=1S/C19H25N5O3S/c1-3-27-18(26)15-12-22-19(23-17(15)20)28-13-16(25)21-10-7-11-24(2)14-8-5-4-6-9-14/h4-6,8-9,12H,3,7,10-11,13H2,1-2H3,(H,21,25)(H2,20,22,23). The zero-order chi connectivity index (χ0) is 20.4. The first kappa shape index (κ1) is 21.5. The number of carbonyl (C=O) groups is 2. The van der Waals surface area contributed by atoms with Crippen LogP contribution in [0.3, 0.4) is 0 Å². The van der Waals surface area contributed by atoms with Gasteiger partial charge in [0.25, 0.3) is 0 Å². The third-order valence-corrected chi connectivity index (χ3v) is 4.67. The molecule has 9 heteroatoms. The van der Waals surface area contributed by atoms with E-state index in [0.29, 0.717) is 11.7 Å². The topological polar surface area (TPSA) is 110 Å². The number of aromatic nitrogens is 2. The molecule has 0 aliphatic carbocycles. The number of ether oxygens (including phenoxy) is 1. The van der Waals surface area contributed by atoms with Crippen molar-refractivity contribution in [2.24, 2.45) is 0 Å². The predicted molar refractivity (Wildman–Crippen MR) is 110 cm³/mol. The molecule has 0 aliphatic rings. The number of amides is 1. The monoisotopic (exact) mass is 403 g/mol. The fourth-order valence-corrected chi connectivity index (χ4v) is 3.00. The molecular formula is C19H25N5O3S. The van der Waals surface area contributed by atoms with Gasteiger partial charge in [0.1, 0.15) is 11.4 Å². The average molecular weight is 404 g/mol. The molecule has 1 aromatic heterocycles. The minimum absolute atomic E-state index is 0.0420. The second-order valence-electron chi connectivity index (χ2n) is 5.92. The predicted octanol–water partition coefficient (Wildman–Crippen LogP) is 1.97. The van der Waals surface area contributed by atoms with Gasteiger partial charge >= 0.3 is 5.97 Å². The molecule has 1 heterocycles. The second kappa shape index (κ2) is 11.1. The van der Waals surface area contributed by atoms with Crippen molar-refractivity contribution in [1.29, 1.82) is 0 Å². The molecule has 0 spiro atoms. The summed E-state index contributed by atoms with van der Waals surface area (Å²) in [5.41, 5.74) is 7.03. The summed E-state index contributed by atoms with van der Waals surface area (Å²) in [6.45, 7) is 3.38. The molecule has 1 aromatic carbocycles. The summed E-state index contributed by atoms with van der Waals surface area (Å²) in [5, 5.41) is 3.21. The highest BCUT2D eigenvalue weighted by Gasteiger charge is 2.14. The lowest BCUT2D eigenvalue weighted by Gasteiger charge is -2.19. The molecule has 0 unspecified atom stereocenters. The summed E-state index contributed by atoms with van der Waals surface area (Å²) in [6.07, 6.45) is 2.15. The molecule has 8 nitrogen and oxygen atoms in total. The van der Waals surface area contributed by atoms with E-state index in [-0.39, 0.29) is 29.6 Å². The lowest BCUT2D eigenvalue weighted by atomic mass is 10.3. The van der Waals surface area contributed by atoms with Crippen LogP contribution in [0.15, 0.2) is 41.7 Å². The number of esters is 1. The van der Waals surface area contributed by atoms with E-state index in [4.69, 9.17) is 10.5 Å². The number of anilines is 2. The maximum atomic E-state index is 12.0. The van der Waals surface area contributed by atoms with Crippen molar-refractivity contribution < 1.29 is 14.3 Å². The minimum Gasteiger partial charge on any atom is -0.462 e. The molecule has 0 radical (unpaired) electrons. The van der Waals surface area contributed by atoms with Gasteiger partial charge in [-0.1, -0.05) is 30.0 Å². The molecule has 150 valence electrons. The molecule has 1 amide bonds. The maximum Gasteiger partial charge on any atom is 0.343 e. The summed E-state index contributed by atoms with van der Waals surface area (Å²) < 4.78 is 4.87. The number of nitrogens with zero attached hydrogens (tertiary/aromatic N) is 3. The Labute approximate surface area is 168 Å². The second-order valence-corrected chi connectivity index (χ2v) is 6.86. The summed E-state index contributed by atoms with van der Waals surface area (Å²) in [5.74, 6) is -0.453. The Morgan fingerprint density at radius 2 is 2.04 bits per heavy atom. The van der Waals surface area contributed by atoms with Gasteiger partial charge in [-0.15, -0.1) is 0 Å². The van der Waals surface area contributed by atoms with Crippen LogP contribution in [0.2, 0.25) is 0 Å². The fraction of sp³-hybridized carbons (Fsp3) is 0.368. The third-order valence-electron chi connectivity index (χ3n) is 3.81. The number of hydrogen-bond donors (Lipinski definition) is 2. The van der Waals surface area contributed by atoms with Crippen LogP contribution in [0.4, 0.5) is 11.5 Å². The van der Waals surface area contributed by atoms with E-state index in [1.54, 1.807) is 6.92 Å². The van der Waals surface area contributed by atoms with Crippen LogP contribution in [0.25, 0.3) is 0 Å². The Balaban J connectivity index is 1.69. The number of rotatable bonds is 10. The van der Waals surface area contributed by atoms with Crippen molar-refractivity contribution in [3.05, 3.63) is 42.1 Å². The molecular weight excluding hydrogens is 378 g/mol. The highest BCUT2D eigenvalue weighted by molar-refractivity contribution is 7.99. The van der Waals surface area contributed by atoms with Crippen molar-refractivity contribution in [3.8, 4) is 0 Å². The van der Waals surface area contributed by atoms with Gasteiger partial charge in [0.15, 0.2) is 5.16 Å². The van der Waals surface area contributed by atoms with Gasteiger partial charge in [0, 0.05) is 32.0 Å². The molecule has 0 atom stereocenters. The van der Waals surface area contributed by atoms with Crippen molar-refractivity contribution >= 4 is 35.1 Å². The summed E-state index contributed by atoms with van der Waals surface area (Å²) >= 11 is 1.16. The summed E-state index contributed by atoms with van der Waals surface area (Å²) in [4.78, 5) is 33.9. The fourth-order valence-electron chi connectivity index (χ4n) is 2.35. The number of nitrogens with one attached hydrogen (secondary N) is 1. The lowest BCUT2D eigenvalue weighted by Crippen LogP contribution is -2.29. The average Bonchev–Trinajstić information content (AvgIpc) is 2.70. The number of carbonyl (C=O) groups excluding carboxylic acids is 2. The van der Waals surface area contributed by atoms with Gasteiger partial charge in [0.05, 0.1) is 12.4 Å². The quantitative estimate of drug-likeness (QED) is 0.268. The maximum absolute atomic E-state index is 12.0. The molecule has 2 aromatic rings. The van der Waals surface area contributed by atoms with Crippen LogP contribution >= 0.6 is 11.8 Å². The number of hydrogen-bond acceptors (Lipinski definition) is 8. The molecule has 28 heavy (non-hydrogen) atoms. The van der Waals surface area contributed by atoms with Crippen LogP contribution in [0.5, 0.6) is 0 Å². The largest absolute Gasteiger partial charge is 0.462 e. The van der Waals surface area contributed by atoms with E-state index in [1.807, 2.05) is 37.4 Å². The van der Waals surface area contributed by atoms with E-state index in [2.05, 4.69) is 20.2 Å². The number of benzene rings is 1. The number of para-hydroxylation sites is 1. The van der Waals surface area contributed by atoms with Crippen molar-refractivity contribution in [3.63, 3.8) is 0 Å². The van der Waals surface area contributed by atoms with Gasteiger partial charge in [0.2, 0.25) is 5.91 Å². The number of thioether (sulfide) groups is 1. The molecule has 0 saturated carbocycles. The SMILES string of the molecule is CCOC(=O)c1cnc(SCC(=O)NCCCN(C)c2ccccc2)nc1N. The molecule has 0 saturated heterocycles. The summed E-state index contributed by atoms with van der Waals surface area (Å²) in [6, 6.07) is 10.1. The molecule has 0 fully saturated rings. The van der Waals surface area contributed by atoms with E-state index < -0.39 is 5.97 Å². The van der Waals surface area contributed by atoms with E-state index >= 15 is 0 Å². The van der Waals surface area contributed by atoms with Gasteiger partial charge in [-0.2, -0.15) is 0 Å². The van der Waals surface area contributed by atoms with Gasteiger partial charge in [-0.25, -0.2) is 14.8 Å². The molecule has 0 aliphatic heterocycles. The van der Waals surface area contributed by atoms with Crippen LogP contribution in [0.1, 0.15) is 23.7 Å². The highest BCUT2D eigenvalue weighted by Crippen LogP contribution is 2.17. The van der Waals surface area contributed by atoms with Crippen molar-refractivity contribution in [1.82, 2.24) is 15.3 Å². The molecule has 0 bridgehead atoms. The first-order chi connectivity index (χ1) is 13.5. The van der Waals surface area contributed by atoms with E-state index in [0.717, 1.165) is 30.4 Å². The lowest BCUT2D eigenvalue weighted by molar-refractivity contribution is -0.118. The van der Waals surface area contributed by atoms with Crippen LogP contribution in [-0.4, -0.2) is 54.3 Å². The minimum atomic E-state index is -0.560. The Bertz CT molecular complexity index is 788. The van der Waals surface area contributed by atoms with Crippen LogP contribution in [0, 0.1) is 0 Å². The number of nitrogen functional groups attached to an aromatic ring is 1. The third kappa shape index (κ3) is 6.73. The van der Waals surface area contributed by atoms with Gasteiger partial charge in [-0.3, -0.25) is 4.79 Å². The zero-order valence-electron chi connectivity index (χ0n) is 16.1. The molecule has 2 rings (SSSR count). The first-order valence-corrected chi connectivity index (χ1v) is 9.95. The molecule has 3 N–H and O–H groups in total. The Morgan fingerprint density at radius 3 is 2.71 bits per heavy atom. The van der Waals surface area contributed by atoms with Gasteiger partial charge in [-0.05, 0) is 25.5 Å². The van der Waals surface area contributed by atoms with Gasteiger partial charge < -0.3 is 20.7 Å². The Morgan fingerprint density at radius 1 is 1.29 bits per heavy atom. The van der Waals surface area contributed by atoms with E-state index in [9.17, 15) is 9.59 Å². The Kier molecular flexibility index (Phi) is 8.54. The van der Waals surface area contributed by atoms with Crippen LogP contribution < -0.4 is 16.0 Å². The highest BCUT2D eigenvalue weighted by atomic mass is 32.2. The number of nitrogens with two attached hydrogens (primary N) is 1. The summed E-state index contributed by atoms with van der Waals surface area (Å²) in [7, 11) is 2.02. The zero-order valence-corrected chi connectivity index (χ0v) is 16.9. The van der Waals surface area contributed by atoms with E-state index in [1.165, 1.54) is 6.20 Å². The van der Waals surface area contributed by atoms with Crippen LogP contribution in [-0.2, 0) is 9.53 Å². The normalized spacial score (nSPS) is 10.4. The van der Waals surface area contributed by atoms with Crippen molar-refractivity contribution in [2.75, 3.05) is 43.1 Å². The van der Waals surface area contributed by atoms with Crippen molar-refractivity contribution in [2.45, 2.75) is 18.5 Å².